The average molecular weight is 403 g/mol. The third kappa shape index (κ3) is 3.17. The fourth-order valence-corrected chi connectivity index (χ4v) is 3.87. The number of carbonyl (C=O) groups is 1. The summed E-state index contributed by atoms with van der Waals surface area (Å²) in [6.07, 6.45) is 0. The largest absolute Gasteiger partial charge is 0.451 e. The molecule has 4 aromatic rings. The van der Waals surface area contributed by atoms with Crippen LogP contribution >= 0.6 is 34.5 Å². The lowest BCUT2D eigenvalue weighted by Gasteiger charge is -2.08. The highest BCUT2D eigenvalue weighted by molar-refractivity contribution is 7.13. The molecule has 0 aliphatic carbocycles. The van der Waals surface area contributed by atoms with Gasteiger partial charge in [0.25, 0.3) is 5.91 Å². The second-order valence-corrected chi connectivity index (χ2v) is 7.43. The van der Waals surface area contributed by atoms with Gasteiger partial charge in [0.1, 0.15) is 5.58 Å². The van der Waals surface area contributed by atoms with E-state index < -0.39 is 5.91 Å². The predicted octanol–water partition coefficient (Wildman–Crippen LogP) is 6.30. The smallest absolute Gasteiger partial charge is 0.291 e. The minimum Gasteiger partial charge on any atom is -0.451 e. The van der Waals surface area contributed by atoms with Gasteiger partial charge in [0, 0.05) is 21.4 Å². The summed E-state index contributed by atoms with van der Waals surface area (Å²) in [6, 6.07) is 14.3. The lowest BCUT2D eigenvalue weighted by atomic mass is 10.1. The molecule has 130 valence electrons. The number of thiophene rings is 1. The lowest BCUT2D eigenvalue weighted by molar-refractivity contribution is 0.0999. The Morgan fingerprint density at radius 2 is 1.96 bits per heavy atom. The molecule has 4 rings (SSSR count). The van der Waals surface area contributed by atoms with Crippen LogP contribution in [0.1, 0.15) is 10.6 Å². The summed E-state index contributed by atoms with van der Waals surface area (Å²) in [6.45, 7) is 0. The summed E-state index contributed by atoms with van der Waals surface area (Å²) in [5.41, 5.74) is 8.42. The van der Waals surface area contributed by atoms with Crippen molar-refractivity contribution in [1.82, 2.24) is 0 Å². The van der Waals surface area contributed by atoms with Crippen molar-refractivity contribution in [3.8, 4) is 10.4 Å². The van der Waals surface area contributed by atoms with E-state index in [1.165, 1.54) is 0 Å². The van der Waals surface area contributed by atoms with Gasteiger partial charge < -0.3 is 15.5 Å². The molecule has 0 radical (unpaired) electrons. The van der Waals surface area contributed by atoms with E-state index in [0.29, 0.717) is 32.4 Å². The molecule has 7 heteroatoms. The minimum absolute atomic E-state index is 0.130. The van der Waals surface area contributed by atoms with E-state index in [9.17, 15) is 4.79 Å². The molecule has 0 fully saturated rings. The molecule has 2 aromatic heterocycles. The fraction of sp³-hybridized carbons (Fsp3) is 0. The zero-order valence-electron chi connectivity index (χ0n) is 13.3. The van der Waals surface area contributed by atoms with Gasteiger partial charge in [-0.25, -0.2) is 0 Å². The summed E-state index contributed by atoms with van der Waals surface area (Å²) < 4.78 is 5.59. The molecule has 4 nitrogen and oxygen atoms in total. The number of hydrogen-bond donors (Lipinski definition) is 2. The first-order valence-electron chi connectivity index (χ1n) is 7.64. The number of halogens is 2. The van der Waals surface area contributed by atoms with Gasteiger partial charge in [0.05, 0.1) is 16.4 Å². The van der Waals surface area contributed by atoms with E-state index in [1.807, 2.05) is 29.6 Å². The number of anilines is 2. The van der Waals surface area contributed by atoms with E-state index in [-0.39, 0.29) is 5.76 Å². The summed E-state index contributed by atoms with van der Waals surface area (Å²) in [4.78, 5) is 13.7. The van der Waals surface area contributed by atoms with Crippen molar-refractivity contribution in [1.29, 1.82) is 0 Å². The number of furan rings is 1. The zero-order valence-corrected chi connectivity index (χ0v) is 15.6. The molecule has 2 aromatic carbocycles. The molecule has 0 unspecified atom stereocenters. The summed E-state index contributed by atoms with van der Waals surface area (Å²) in [5, 5.41) is 6.28. The van der Waals surface area contributed by atoms with E-state index in [1.54, 1.807) is 35.6 Å². The molecule has 2 heterocycles. The van der Waals surface area contributed by atoms with Gasteiger partial charge in [-0.1, -0.05) is 35.3 Å². The van der Waals surface area contributed by atoms with E-state index >= 15 is 0 Å². The Kier molecular flexibility index (Phi) is 4.36. The Balaban J connectivity index is 1.66. The van der Waals surface area contributed by atoms with Gasteiger partial charge in [0.2, 0.25) is 0 Å². The Labute approximate surface area is 163 Å². The quantitative estimate of drug-likeness (QED) is 0.394. The van der Waals surface area contributed by atoms with Crippen LogP contribution in [-0.4, -0.2) is 5.91 Å². The SMILES string of the molecule is Nc1ccc(-c2cccs2)cc1NC(=O)c1cc2c(Cl)cc(Cl)cc2o1. The van der Waals surface area contributed by atoms with Crippen molar-refractivity contribution < 1.29 is 9.21 Å². The molecular weight excluding hydrogens is 391 g/mol. The van der Waals surface area contributed by atoms with E-state index in [2.05, 4.69) is 5.32 Å². The number of nitrogen functional groups attached to an aromatic ring is 1. The highest BCUT2D eigenvalue weighted by atomic mass is 35.5. The van der Waals surface area contributed by atoms with Gasteiger partial charge >= 0.3 is 0 Å². The number of benzene rings is 2. The first kappa shape index (κ1) is 17.0. The van der Waals surface area contributed by atoms with Gasteiger partial charge in [-0.05, 0) is 41.3 Å². The minimum atomic E-state index is -0.414. The van der Waals surface area contributed by atoms with Crippen LogP contribution in [0.15, 0.2) is 58.3 Å². The average Bonchev–Trinajstić information content (AvgIpc) is 3.26. The lowest BCUT2D eigenvalue weighted by Crippen LogP contribution is -2.12. The molecule has 0 aliphatic heterocycles. The van der Waals surface area contributed by atoms with Gasteiger partial charge in [-0.15, -0.1) is 11.3 Å². The van der Waals surface area contributed by atoms with Crippen LogP contribution in [-0.2, 0) is 0 Å². The Bertz CT molecular complexity index is 1120. The first-order chi connectivity index (χ1) is 12.5. The predicted molar refractivity (Wildman–Crippen MR) is 108 cm³/mol. The Hall–Kier alpha value is -2.47. The maximum Gasteiger partial charge on any atom is 0.291 e. The molecule has 0 saturated heterocycles. The number of fused-ring (bicyclic) bond motifs is 1. The van der Waals surface area contributed by atoms with Gasteiger partial charge in [0.15, 0.2) is 5.76 Å². The second kappa shape index (κ2) is 6.68. The number of nitrogens with two attached hydrogens (primary N) is 1. The van der Waals surface area contributed by atoms with Gasteiger partial charge in [-0.2, -0.15) is 0 Å². The second-order valence-electron chi connectivity index (χ2n) is 5.64. The van der Waals surface area contributed by atoms with Crippen LogP contribution in [0.3, 0.4) is 0 Å². The molecule has 0 bridgehead atoms. The van der Waals surface area contributed by atoms with Crippen molar-refractivity contribution in [2.24, 2.45) is 0 Å². The number of hydrogen-bond acceptors (Lipinski definition) is 4. The molecule has 26 heavy (non-hydrogen) atoms. The van der Waals surface area contributed by atoms with Crippen LogP contribution < -0.4 is 11.1 Å². The molecular formula is C19H12Cl2N2O2S. The standard InChI is InChI=1S/C19H12Cl2N2O2S/c20-11-7-13(21)12-9-17(25-16(12)8-11)19(24)23-15-6-10(3-4-14(15)22)18-2-1-5-26-18/h1-9H,22H2,(H,23,24). The number of amides is 1. The van der Waals surface area contributed by atoms with Crippen LogP contribution in [0.4, 0.5) is 11.4 Å². The fourth-order valence-electron chi connectivity index (χ4n) is 2.62. The van der Waals surface area contributed by atoms with E-state index in [4.69, 9.17) is 33.4 Å². The molecule has 0 spiro atoms. The van der Waals surface area contributed by atoms with Crippen molar-refractivity contribution in [3.63, 3.8) is 0 Å². The van der Waals surface area contributed by atoms with Crippen molar-refractivity contribution in [2.75, 3.05) is 11.1 Å². The van der Waals surface area contributed by atoms with Crippen molar-refractivity contribution in [3.05, 3.63) is 69.7 Å². The third-order valence-electron chi connectivity index (χ3n) is 3.88. The van der Waals surface area contributed by atoms with Gasteiger partial charge in [-0.3, -0.25) is 4.79 Å². The molecule has 0 atom stereocenters. The van der Waals surface area contributed by atoms with Crippen molar-refractivity contribution >= 4 is 62.8 Å². The van der Waals surface area contributed by atoms with Crippen LogP contribution in [0.5, 0.6) is 0 Å². The van der Waals surface area contributed by atoms with Crippen LogP contribution in [0, 0.1) is 0 Å². The molecule has 0 saturated carbocycles. The highest BCUT2D eigenvalue weighted by Gasteiger charge is 2.16. The van der Waals surface area contributed by atoms with E-state index in [0.717, 1.165) is 10.4 Å². The summed E-state index contributed by atoms with van der Waals surface area (Å²) in [5.74, 6) is -0.284. The number of rotatable bonds is 3. The Morgan fingerprint density at radius 1 is 1.12 bits per heavy atom. The number of nitrogens with one attached hydrogen (secondary N) is 1. The molecule has 1 amide bonds. The topological polar surface area (TPSA) is 68.3 Å². The third-order valence-corrected chi connectivity index (χ3v) is 5.33. The maximum absolute atomic E-state index is 12.6. The number of carbonyl (C=O) groups excluding carboxylic acids is 1. The summed E-state index contributed by atoms with van der Waals surface area (Å²) in [7, 11) is 0. The monoisotopic (exact) mass is 402 g/mol. The maximum atomic E-state index is 12.6. The Morgan fingerprint density at radius 3 is 2.73 bits per heavy atom. The normalized spacial score (nSPS) is 11.0. The van der Waals surface area contributed by atoms with Crippen LogP contribution in [0.2, 0.25) is 10.0 Å². The van der Waals surface area contributed by atoms with Crippen LogP contribution in [0.25, 0.3) is 21.4 Å². The molecule has 3 N–H and O–H groups in total. The zero-order chi connectivity index (χ0) is 18.3. The molecule has 0 aliphatic rings. The first-order valence-corrected chi connectivity index (χ1v) is 9.28. The summed E-state index contributed by atoms with van der Waals surface area (Å²) >= 11 is 13.7. The highest BCUT2D eigenvalue weighted by Crippen LogP contribution is 2.32. The van der Waals surface area contributed by atoms with Crippen molar-refractivity contribution in [2.45, 2.75) is 0 Å².